The highest BCUT2D eigenvalue weighted by Crippen LogP contribution is 2.44. The summed E-state index contributed by atoms with van der Waals surface area (Å²) in [5.41, 5.74) is 0. The van der Waals surface area contributed by atoms with Crippen LogP contribution in [0.25, 0.3) is 0 Å². The summed E-state index contributed by atoms with van der Waals surface area (Å²) in [6.45, 7) is 0. The highest BCUT2D eigenvalue weighted by Gasteiger charge is 2.28. The fraction of sp³-hybridized carbons (Fsp3) is 0.750. The van der Waals surface area contributed by atoms with E-state index in [1.165, 1.54) is 38.5 Å². The third-order valence-corrected chi connectivity index (χ3v) is 2.39. The van der Waals surface area contributed by atoms with E-state index < -0.39 is 0 Å². The number of rotatable bonds is 0. The molecule has 0 saturated heterocycles. The molecule has 0 spiro atoms. The second-order valence-corrected chi connectivity index (χ2v) is 3.03. The molecule has 0 aliphatic heterocycles. The molecule has 2 rings (SSSR count). The zero-order chi connectivity index (χ0) is 5.40. The molecule has 2 aliphatic carbocycles. The molecule has 0 nitrogen and oxygen atoms in total. The van der Waals surface area contributed by atoms with Crippen molar-refractivity contribution >= 4 is 0 Å². The van der Waals surface area contributed by atoms with Crippen LogP contribution in [0.2, 0.25) is 0 Å². The van der Waals surface area contributed by atoms with Crippen molar-refractivity contribution < 1.29 is 0 Å². The minimum Gasteiger partial charge on any atom is -0.0522 e. The Hall–Kier alpha value is 0. The van der Waals surface area contributed by atoms with Gasteiger partial charge in [-0.1, -0.05) is 6.42 Å². The molecule has 2 bridgehead atoms. The monoisotopic (exact) mass is 108 g/mol. The van der Waals surface area contributed by atoms with Crippen molar-refractivity contribution in [3.63, 3.8) is 0 Å². The van der Waals surface area contributed by atoms with Crippen LogP contribution >= 0.6 is 0 Å². The average molecular weight is 108 g/mol. The van der Waals surface area contributed by atoms with Crippen LogP contribution in [-0.4, -0.2) is 0 Å². The van der Waals surface area contributed by atoms with Crippen molar-refractivity contribution in [3.8, 4) is 0 Å². The highest BCUT2D eigenvalue weighted by atomic mass is 14.3. The molecule has 0 aromatic carbocycles. The van der Waals surface area contributed by atoms with E-state index in [9.17, 15) is 0 Å². The predicted octanol–water partition coefficient (Wildman–Crippen LogP) is 2.50. The fourth-order valence-electron chi connectivity index (χ4n) is 1.90. The largest absolute Gasteiger partial charge is 0.0522 e. The summed E-state index contributed by atoms with van der Waals surface area (Å²) in [6.07, 6.45) is 8.66. The van der Waals surface area contributed by atoms with Crippen LogP contribution in [-0.2, 0) is 0 Å². The van der Waals surface area contributed by atoms with E-state index in [0.29, 0.717) is 0 Å². The number of hydrogen-bond donors (Lipinski definition) is 0. The van der Waals surface area contributed by atoms with Gasteiger partial charge >= 0.3 is 0 Å². The van der Waals surface area contributed by atoms with Crippen molar-refractivity contribution in [2.45, 2.75) is 38.5 Å². The van der Waals surface area contributed by atoms with Crippen LogP contribution in [0.1, 0.15) is 38.5 Å². The maximum atomic E-state index is 1.84. The van der Waals surface area contributed by atoms with Crippen LogP contribution in [0.5, 0.6) is 0 Å². The maximum absolute atomic E-state index is 1.84. The zero-order valence-corrected chi connectivity index (χ0v) is 5.24. The number of fused-ring (bicyclic) bond motifs is 2. The summed E-state index contributed by atoms with van der Waals surface area (Å²) in [6, 6.07) is 0. The third kappa shape index (κ3) is 0.667. The topological polar surface area (TPSA) is 0 Å². The quantitative estimate of drug-likeness (QED) is 0.447. The predicted molar refractivity (Wildman–Crippen MR) is 34.2 cm³/mol. The summed E-state index contributed by atoms with van der Waals surface area (Å²) in [4.78, 5) is 0. The van der Waals surface area contributed by atoms with Crippen molar-refractivity contribution in [1.82, 2.24) is 0 Å². The Morgan fingerprint density at radius 3 is 1.88 bits per heavy atom. The van der Waals surface area contributed by atoms with Gasteiger partial charge in [-0.2, -0.15) is 0 Å². The molecule has 0 aromatic rings. The summed E-state index contributed by atoms with van der Waals surface area (Å²) in [7, 11) is 0. The number of hydrogen-bond acceptors (Lipinski definition) is 0. The first-order valence-electron chi connectivity index (χ1n) is 3.62. The Bertz CT molecular complexity index is 72.0. The van der Waals surface area contributed by atoms with E-state index in [4.69, 9.17) is 0 Å². The lowest BCUT2D eigenvalue weighted by Crippen LogP contribution is -2.00. The van der Waals surface area contributed by atoms with Gasteiger partial charge in [0.1, 0.15) is 0 Å². The van der Waals surface area contributed by atoms with Crippen molar-refractivity contribution in [2.75, 3.05) is 0 Å². The molecule has 0 heteroatoms. The molecular formula is C8H12. The standard InChI is InChI=1S/C8H12/c1-2-7-4-5-8(3-1)6-7/h1-6H2. The fourth-order valence-corrected chi connectivity index (χ4v) is 1.90. The second-order valence-electron chi connectivity index (χ2n) is 3.03. The minimum atomic E-state index is 1.42. The lowest BCUT2D eigenvalue weighted by Gasteiger charge is -2.15. The van der Waals surface area contributed by atoms with Gasteiger partial charge in [-0.05, 0) is 43.9 Å². The molecule has 0 N–H and O–H groups in total. The summed E-state index contributed by atoms with van der Waals surface area (Å²) in [5, 5.41) is 0. The first kappa shape index (κ1) is 4.84. The molecule has 2 aliphatic rings. The van der Waals surface area contributed by atoms with Crippen LogP contribution in [0.15, 0.2) is 0 Å². The molecule has 0 aromatic heterocycles. The molecule has 2 fully saturated rings. The Balaban J connectivity index is 2.03. The molecule has 0 atom stereocenters. The normalized spacial score (nSPS) is 31.5. The Morgan fingerprint density at radius 1 is 0.750 bits per heavy atom. The van der Waals surface area contributed by atoms with E-state index in [2.05, 4.69) is 0 Å². The van der Waals surface area contributed by atoms with Crippen molar-refractivity contribution in [3.05, 3.63) is 11.8 Å². The molecular weight excluding hydrogens is 96.1 g/mol. The molecule has 8 heavy (non-hydrogen) atoms. The van der Waals surface area contributed by atoms with Crippen LogP contribution in [0, 0.1) is 11.8 Å². The molecule has 0 amide bonds. The lowest BCUT2D eigenvalue weighted by molar-refractivity contribution is 0.620. The second kappa shape index (κ2) is 1.75. The van der Waals surface area contributed by atoms with Gasteiger partial charge < -0.3 is 0 Å². The van der Waals surface area contributed by atoms with Crippen molar-refractivity contribution in [1.29, 1.82) is 0 Å². The van der Waals surface area contributed by atoms with Gasteiger partial charge in [0.25, 0.3) is 0 Å². The molecule has 0 unspecified atom stereocenters. The summed E-state index contributed by atoms with van der Waals surface area (Å²) >= 11 is 0. The summed E-state index contributed by atoms with van der Waals surface area (Å²) in [5.74, 6) is 3.68. The zero-order valence-electron chi connectivity index (χ0n) is 5.24. The molecule has 0 heterocycles. The van der Waals surface area contributed by atoms with Crippen LogP contribution in [0.4, 0.5) is 0 Å². The van der Waals surface area contributed by atoms with E-state index >= 15 is 0 Å². The molecule has 2 radical (unpaired) electrons. The van der Waals surface area contributed by atoms with Gasteiger partial charge in [0, 0.05) is 0 Å². The van der Waals surface area contributed by atoms with Gasteiger partial charge in [0.15, 0.2) is 0 Å². The smallest absolute Gasteiger partial charge is 0.0235 e. The van der Waals surface area contributed by atoms with Crippen LogP contribution in [0.3, 0.4) is 0 Å². The Morgan fingerprint density at radius 2 is 1.38 bits per heavy atom. The lowest BCUT2D eigenvalue weighted by atomic mass is 9.89. The van der Waals surface area contributed by atoms with Gasteiger partial charge in [-0.25, -0.2) is 0 Å². The van der Waals surface area contributed by atoms with E-state index in [1.54, 1.807) is 0 Å². The van der Waals surface area contributed by atoms with Gasteiger partial charge in [-0.15, -0.1) is 0 Å². The Labute approximate surface area is 51.3 Å². The van der Waals surface area contributed by atoms with Gasteiger partial charge in [0.05, 0.1) is 0 Å². The van der Waals surface area contributed by atoms with Gasteiger partial charge in [-0.3, -0.25) is 0 Å². The third-order valence-electron chi connectivity index (χ3n) is 2.39. The van der Waals surface area contributed by atoms with Gasteiger partial charge in [0.2, 0.25) is 0 Å². The van der Waals surface area contributed by atoms with E-state index in [-0.39, 0.29) is 0 Å². The highest BCUT2D eigenvalue weighted by molar-refractivity contribution is 5.15. The first-order chi connectivity index (χ1) is 3.95. The van der Waals surface area contributed by atoms with Crippen molar-refractivity contribution in [2.24, 2.45) is 0 Å². The van der Waals surface area contributed by atoms with E-state index in [1.807, 2.05) is 11.8 Å². The maximum Gasteiger partial charge on any atom is -0.0235 e. The Kier molecular flexibility index (Phi) is 1.06. The average Bonchev–Trinajstić information content (AvgIpc) is 2.12. The van der Waals surface area contributed by atoms with E-state index in [0.717, 1.165) is 0 Å². The van der Waals surface area contributed by atoms with Crippen LogP contribution < -0.4 is 0 Å². The first-order valence-corrected chi connectivity index (χ1v) is 3.62. The summed E-state index contributed by atoms with van der Waals surface area (Å²) < 4.78 is 0. The molecule has 44 valence electrons. The minimum absolute atomic E-state index is 1.42. The molecule has 2 saturated carbocycles. The SMILES string of the molecule is C1C[C]2CC[C](C1)C2.